The maximum atomic E-state index is 15.7. The summed E-state index contributed by atoms with van der Waals surface area (Å²) in [6.45, 7) is 0.900. The summed E-state index contributed by atoms with van der Waals surface area (Å²) in [7, 11) is -4.48. The molecular formula is C12H12FN6O5P. The van der Waals surface area contributed by atoms with Gasteiger partial charge in [0.2, 0.25) is 0 Å². The molecule has 2 aliphatic rings. The van der Waals surface area contributed by atoms with Gasteiger partial charge in [0.15, 0.2) is 17.1 Å². The summed E-state index contributed by atoms with van der Waals surface area (Å²) in [5.74, 6) is 0.0566. The summed E-state index contributed by atoms with van der Waals surface area (Å²) in [5, 5.41) is 13.5. The van der Waals surface area contributed by atoms with Crippen LogP contribution in [0.4, 0.5) is 10.2 Å². The fourth-order valence-corrected chi connectivity index (χ4v) is 4.12. The van der Waals surface area contributed by atoms with E-state index in [4.69, 9.17) is 15.0 Å². The molecule has 2 aromatic heterocycles. The quantitative estimate of drug-likeness (QED) is 0.658. The van der Waals surface area contributed by atoms with Crippen LogP contribution in [0, 0.1) is 11.3 Å². The van der Waals surface area contributed by atoms with E-state index in [1.165, 1.54) is 23.7 Å². The zero-order chi connectivity index (χ0) is 18.0. The minimum atomic E-state index is -4.48. The van der Waals surface area contributed by atoms with Crippen molar-refractivity contribution in [1.82, 2.24) is 19.6 Å². The van der Waals surface area contributed by atoms with E-state index in [-0.39, 0.29) is 17.2 Å². The lowest BCUT2D eigenvalue weighted by Crippen LogP contribution is -2.50. The van der Waals surface area contributed by atoms with Gasteiger partial charge in [-0.05, 0) is 6.92 Å². The third-order valence-electron chi connectivity index (χ3n) is 4.44. The zero-order valence-corrected chi connectivity index (χ0v) is 13.6. The molecule has 0 radical (unpaired) electrons. The van der Waals surface area contributed by atoms with Gasteiger partial charge in [0, 0.05) is 0 Å². The van der Waals surface area contributed by atoms with E-state index in [1.807, 2.05) is 0 Å². The van der Waals surface area contributed by atoms with Crippen LogP contribution >= 0.6 is 7.82 Å². The van der Waals surface area contributed by atoms with Crippen LogP contribution in [0.1, 0.15) is 12.6 Å². The third kappa shape index (κ3) is 2.04. The van der Waals surface area contributed by atoms with Gasteiger partial charge in [-0.25, -0.2) is 23.4 Å². The lowest BCUT2D eigenvalue weighted by Gasteiger charge is -2.32. The Morgan fingerprint density at radius 3 is 3.08 bits per heavy atom. The molecule has 0 saturated carbocycles. The summed E-state index contributed by atoms with van der Waals surface area (Å²) in [6, 6.07) is 1.52. The van der Waals surface area contributed by atoms with Gasteiger partial charge in [-0.2, -0.15) is 10.4 Å². The van der Waals surface area contributed by atoms with E-state index in [9.17, 15) is 14.7 Å². The standard InChI is InChI=1S/C12H12FN6O5P/c1-11(7-2-16-10-9(15)17-5-18-19(7)10)12(13,4-14)8-6(23-11)3-22-25(20,21)24-8/h2,5-6,8H,3H2,1H3,(H,20,21)(H2,15,17,18)/t6-,8-,11+,12-/m1/s1. The number of aromatic nitrogens is 4. The maximum Gasteiger partial charge on any atom is 0.472 e. The van der Waals surface area contributed by atoms with Gasteiger partial charge in [0.05, 0.1) is 18.5 Å². The van der Waals surface area contributed by atoms with Crippen molar-refractivity contribution in [2.45, 2.75) is 30.4 Å². The molecule has 25 heavy (non-hydrogen) atoms. The van der Waals surface area contributed by atoms with Gasteiger partial charge >= 0.3 is 7.82 Å². The molecule has 4 heterocycles. The van der Waals surface area contributed by atoms with Crippen molar-refractivity contribution in [2.75, 3.05) is 12.3 Å². The third-order valence-corrected chi connectivity index (χ3v) is 5.41. The van der Waals surface area contributed by atoms with E-state index in [0.717, 1.165) is 6.33 Å². The van der Waals surface area contributed by atoms with Crippen LogP contribution in [0.3, 0.4) is 0 Å². The van der Waals surface area contributed by atoms with Crippen LogP contribution in [-0.4, -0.2) is 49.0 Å². The molecule has 0 aromatic carbocycles. The number of phosphoric acid groups is 1. The van der Waals surface area contributed by atoms with Crippen molar-refractivity contribution in [3.8, 4) is 6.07 Å². The van der Waals surface area contributed by atoms with Gasteiger partial charge in [-0.1, -0.05) is 0 Å². The number of phosphoric ester groups is 1. The van der Waals surface area contributed by atoms with E-state index < -0.39 is 37.9 Å². The van der Waals surface area contributed by atoms with Crippen LogP contribution in [0.25, 0.3) is 5.65 Å². The highest BCUT2D eigenvalue weighted by atomic mass is 31.2. The topological polar surface area (TPSA) is 158 Å². The van der Waals surface area contributed by atoms with Crippen molar-refractivity contribution < 1.29 is 27.6 Å². The average molecular weight is 370 g/mol. The number of nitriles is 1. The highest BCUT2D eigenvalue weighted by molar-refractivity contribution is 7.47. The highest BCUT2D eigenvalue weighted by Gasteiger charge is 2.71. The number of hydrogen-bond donors (Lipinski definition) is 2. The number of fused-ring (bicyclic) bond motifs is 2. The molecular weight excluding hydrogens is 358 g/mol. The Bertz CT molecular complexity index is 963. The number of halogens is 1. The Balaban J connectivity index is 1.89. The van der Waals surface area contributed by atoms with E-state index in [0.29, 0.717) is 0 Å². The molecule has 2 aliphatic heterocycles. The molecule has 0 aliphatic carbocycles. The van der Waals surface area contributed by atoms with Crippen molar-refractivity contribution in [2.24, 2.45) is 0 Å². The number of nitrogens with two attached hydrogens (primary N) is 1. The molecule has 2 aromatic rings. The minimum Gasteiger partial charge on any atom is -0.381 e. The van der Waals surface area contributed by atoms with Crippen molar-refractivity contribution >= 4 is 19.3 Å². The second-order valence-corrected chi connectivity index (χ2v) is 7.23. The van der Waals surface area contributed by atoms with E-state index in [1.54, 1.807) is 0 Å². The minimum absolute atomic E-state index is 0.0566. The number of imidazole rings is 1. The van der Waals surface area contributed by atoms with Crippen molar-refractivity contribution in [3.63, 3.8) is 0 Å². The van der Waals surface area contributed by atoms with Crippen LogP contribution in [0.2, 0.25) is 0 Å². The number of anilines is 1. The smallest absolute Gasteiger partial charge is 0.381 e. The van der Waals surface area contributed by atoms with E-state index >= 15 is 4.39 Å². The number of nitrogen functional groups attached to an aromatic ring is 1. The van der Waals surface area contributed by atoms with Crippen molar-refractivity contribution in [1.29, 1.82) is 5.26 Å². The number of hydrogen-bond acceptors (Lipinski definition) is 9. The Kier molecular flexibility index (Phi) is 3.22. The van der Waals surface area contributed by atoms with Crippen molar-refractivity contribution in [3.05, 3.63) is 18.2 Å². The second-order valence-electron chi connectivity index (χ2n) is 5.83. The van der Waals surface area contributed by atoms with E-state index in [2.05, 4.69) is 19.6 Å². The Morgan fingerprint density at radius 1 is 1.60 bits per heavy atom. The molecule has 0 bridgehead atoms. The van der Waals surface area contributed by atoms with Gasteiger partial charge in [-0.15, -0.1) is 0 Å². The first kappa shape index (κ1) is 16.3. The van der Waals surface area contributed by atoms with Gasteiger partial charge in [0.25, 0.3) is 5.67 Å². The molecule has 132 valence electrons. The predicted octanol–water partition coefficient (Wildman–Crippen LogP) is 0.0682. The Labute approximate surface area is 139 Å². The highest BCUT2D eigenvalue weighted by Crippen LogP contribution is 2.59. The summed E-state index contributed by atoms with van der Waals surface area (Å²) < 4.78 is 43.8. The van der Waals surface area contributed by atoms with Crippen LogP contribution in [0.15, 0.2) is 12.5 Å². The largest absolute Gasteiger partial charge is 0.472 e. The lowest BCUT2D eigenvalue weighted by molar-refractivity contribution is -0.0933. The summed E-state index contributed by atoms with van der Waals surface area (Å²) >= 11 is 0. The molecule has 0 amide bonds. The fraction of sp³-hybridized carbons (Fsp3) is 0.500. The molecule has 4 rings (SSSR count). The first-order valence-electron chi connectivity index (χ1n) is 7.10. The number of ether oxygens (including phenoxy) is 1. The lowest BCUT2D eigenvalue weighted by atomic mass is 9.82. The SMILES string of the molecule is C[C@@]1(c2cnc3c(N)ncnn23)O[C@@H]2COP(=O)(O)O[C@H]2[C@]1(F)C#N. The van der Waals surface area contributed by atoms with Gasteiger partial charge in [0.1, 0.15) is 24.6 Å². The summed E-state index contributed by atoms with van der Waals surface area (Å²) in [4.78, 5) is 17.3. The number of nitrogens with zero attached hydrogens (tertiary/aromatic N) is 5. The number of rotatable bonds is 1. The van der Waals surface area contributed by atoms with Gasteiger partial charge < -0.3 is 15.4 Å². The fourth-order valence-electron chi connectivity index (χ4n) is 3.16. The van der Waals surface area contributed by atoms with Crippen LogP contribution < -0.4 is 5.73 Å². The molecule has 11 nitrogen and oxygen atoms in total. The molecule has 2 fully saturated rings. The molecule has 5 atom stereocenters. The molecule has 1 unspecified atom stereocenters. The first-order chi connectivity index (χ1) is 11.7. The second kappa shape index (κ2) is 4.94. The van der Waals surface area contributed by atoms with Crippen LogP contribution in [0.5, 0.6) is 0 Å². The summed E-state index contributed by atoms with van der Waals surface area (Å²) in [5.41, 5.74) is 1.22. The molecule has 13 heteroatoms. The summed E-state index contributed by atoms with van der Waals surface area (Å²) in [6.07, 6.45) is -0.305. The Hall–Kier alpha value is -2.16. The average Bonchev–Trinajstić information content (AvgIpc) is 3.09. The zero-order valence-electron chi connectivity index (χ0n) is 12.7. The normalized spacial score (nSPS) is 40.7. The molecule has 0 spiro atoms. The monoisotopic (exact) mass is 370 g/mol. The number of alkyl halides is 1. The molecule has 3 N–H and O–H groups in total. The van der Waals surface area contributed by atoms with Gasteiger partial charge in [-0.3, -0.25) is 9.05 Å². The Morgan fingerprint density at radius 2 is 2.36 bits per heavy atom. The molecule has 2 saturated heterocycles. The maximum absolute atomic E-state index is 15.7. The first-order valence-corrected chi connectivity index (χ1v) is 8.60. The predicted molar refractivity (Wildman–Crippen MR) is 77.5 cm³/mol. The van der Waals surface area contributed by atoms with Crippen LogP contribution in [-0.2, 0) is 24.0 Å².